The molecule has 0 spiro atoms. The van der Waals surface area contributed by atoms with Crippen molar-refractivity contribution in [2.45, 2.75) is 40.0 Å². The smallest absolute Gasteiger partial charge is 0.191 e. The molecule has 0 aliphatic heterocycles. The molecule has 0 atom stereocenters. The van der Waals surface area contributed by atoms with Crippen LogP contribution in [0.3, 0.4) is 0 Å². The first-order valence-electron chi connectivity index (χ1n) is 9.29. The Morgan fingerprint density at radius 3 is 2.73 bits per heavy atom. The number of unbranched alkanes of at least 4 members (excludes halogenated alkanes) is 1. The van der Waals surface area contributed by atoms with Crippen LogP contribution in [-0.2, 0) is 6.42 Å². The summed E-state index contributed by atoms with van der Waals surface area (Å²) < 4.78 is 0. The molecule has 2 aromatic rings. The average molecular weight is 375 g/mol. The number of aliphatic imine (C=N–C) groups is 1. The maximum absolute atomic E-state index is 4.65. The second kappa shape index (κ2) is 11.5. The van der Waals surface area contributed by atoms with E-state index in [4.69, 9.17) is 0 Å². The van der Waals surface area contributed by atoms with Gasteiger partial charge in [0.25, 0.3) is 0 Å². The summed E-state index contributed by atoms with van der Waals surface area (Å²) in [5.41, 5.74) is 1.14. The monoisotopic (exact) mass is 374 g/mol. The quantitative estimate of drug-likeness (QED) is 0.338. The lowest BCUT2D eigenvalue weighted by molar-refractivity contribution is 0.749. The van der Waals surface area contributed by atoms with E-state index in [9.17, 15) is 0 Å². The van der Waals surface area contributed by atoms with E-state index in [-0.39, 0.29) is 0 Å². The molecule has 2 heterocycles. The van der Waals surface area contributed by atoms with Gasteiger partial charge in [0.1, 0.15) is 5.82 Å². The number of aryl methyl sites for hydroxylation is 2. The summed E-state index contributed by atoms with van der Waals surface area (Å²) in [7, 11) is 0. The molecule has 0 aliphatic carbocycles. The Morgan fingerprint density at radius 1 is 1.15 bits per heavy atom. The fourth-order valence-corrected chi connectivity index (χ4v) is 3.32. The van der Waals surface area contributed by atoms with Crippen LogP contribution in [-0.4, -0.2) is 42.1 Å². The minimum Gasteiger partial charge on any atom is -0.370 e. The van der Waals surface area contributed by atoms with E-state index in [1.807, 2.05) is 18.2 Å². The largest absolute Gasteiger partial charge is 0.370 e. The van der Waals surface area contributed by atoms with Crippen molar-refractivity contribution in [1.29, 1.82) is 0 Å². The highest BCUT2D eigenvalue weighted by atomic mass is 32.1. The predicted molar refractivity (Wildman–Crippen MR) is 111 cm³/mol. The molecular formula is C19H30N6S. The van der Waals surface area contributed by atoms with Gasteiger partial charge in [-0.3, -0.25) is 4.99 Å². The van der Waals surface area contributed by atoms with E-state index in [1.54, 1.807) is 17.5 Å². The van der Waals surface area contributed by atoms with Crippen molar-refractivity contribution in [2.24, 2.45) is 4.99 Å². The lowest BCUT2D eigenvalue weighted by atomic mass is 10.3. The number of anilines is 1. The predicted octanol–water partition coefficient (Wildman–Crippen LogP) is 3.14. The molecule has 0 fully saturated rings. The summed E-state index contributed by atoms with van der Waals surface area (Å²) in [6.45, 7) is 9.71. The minimum absolute atomic E-state index is 0.814. The van der Waals surface area contributed by atoms with Crippen molar-refractivity contribution in [3.8, 4) is 0 Å². The van der Waals surface area contributed by atoms with Gasteiger partial charge in [0.2, 0.25) is 0 Å². The van der Waals surface area contributed by atoms with Crippen LogP contribution in [0.15, 0.2) is 29.4 Å². The summed E-state index contributed by atoms with van der Waals surface area (Å²) in [6.07, 6.45) is 4.84. The number of nitrogens with zero attached hydrogens (tertiary/aromatic N) is 3. The number of rotatable bonds is 10. The number of pyridine rings is 1. The molecule has 0 aromatic carbocycles. The molecule has 2 aromatic heterocycles. The van der Waals surface area contributed by atoms with Gasteiger partial charge in [-0.1, -0.05) is 6.07 Å². The molecule has 26 heavy (non-hydrogen) atoms. The Bertz CT molecular complexity index is 648. The number of hydrogen-bond acceptors (Lipinski definition) is 5. The van der Waals surface area contributed by atoms with Crippen molar-refractivity contribution >= 4 is 23.1 Å². The van der Waals surface area contributed by atoms with Gasteiger partial charge in [0, 0.05) is 43.7 Å². The number of aromatic nitrogens is 2. The van der Waals surface area contributed by atoms with Gasteiger partial charge in [-0.15, -0.1) is 11.3 Å². The first kappa shape index (κ1) is 20.2. The van der Waals surface area contributed by atoms with Gasteiger partial charge in [-0.05, 0) is 45.7 Å². The van der Waals surface area contributed by atoms with Crippen LogP contribution in [0.4, 0.5) is 5.82 Å². The fraction of sp³-hybridized carbons (Fsp3) is 0.526. The van der Waals surface area contributed by atoms with E-state index in [0.29, 0.717) is 0 Å². The van der Waals surface area contributed by atoms with Crippen molar-refractivity contribution in [3.05, 3.63) is 40.0 Å². The van der Waals surface area contributed by atoms with Crippen LogP contribution in [0.25, 0.3) is 0 Å². The molecular weight excluding hydrogens is 344 g/mol. The normalized spacial score (nSPS) is 11.4. The minimum atomic E-state index is 0.814. The highest BCUT2D eigenvalue weighted by molar-refractivity contribution is 7.11. The van der Waals surface area contributed by atoms with Gasteiger partial charge in [0.15, 0.2) is 5.96 Å². The molecule has 3 N–H and O–H groups in total. The van der Waals surface area contributed by atoms with Crippen LogP contribution in [0.2, 0.25) is 0 Å². The second-order valence-electron chi connectivity index (χ2n) is 6.04. The summed E-state index contributed by atoms with van der Waals surface area (Å²) >= 11 is 1.78. The maximum atomic E-state index is 4.65. The SMILES string of the molecule is CCNC(=NCCCCNc1ccccn1)NCCc1nc(C)c(C)s1. The van der Waals surface area contributed by atoms with Gasteiger partial charge in [-0.25, -0.2) is 9.97 Å². The van der Waals surface area contributed by atoms with Crippen LogP contribution in [0, 0.1) is 13.8 Å². The molecule has 0 amide bonds. The number of hydrogen-bond donors (Lipinski definition) is 3. The van der Waals surface area contributed by atoms with E-state index in [2.05, 4.69) is 51.7 Å². The van der Waals surface area contributed by atoms with E-state index < -0.39 is 0 Å². The summed E-state index contributed by atoms with van der Waals surface area (Å²) in [5.74, 6) is 1.81. The van der Waals surface area contributed by atoms with Crippen LogP contribution in [0.5, 0.6) is 0 Å². The first-order chi connectivity index (χ1) is 12.7. The highest BCUT2D eigenvalue weighted by Gasteiger charge is 2.04. The Balaban J connectivity index is 1.63. The number of thiazole rings is 1. The second-order valence-corrected chi connectivity index (χ2v) is 7.32. The topological polar surface area (TPSA) is 74.2 Å². The van der Waals surface area contributed by atoms with E-state index in [0.717, 1.165) is 62.9 Å². The number of guanidine groups is 1. The molecule has 0 radical (unpaired) electrons. The zero-order valence-electron chi connectivity index (χ0n) is 16.0. The zero-order valence-corrected chi connectivity index (χ0v) is 16.8. The molecule has 0 saturated carbocycles. The van der Waals surface area contributed by atoms with Crippen molar-refractivity contribution in [3.63, 3.8) is 0 Å². The Kier molecular flexibility index (Phi) is 8.89. The highest BCUT2D eigenvalue weighted by Crippen LogP contribution is 2.16. The Labute approximate surface area is 160 Å². The third-order valence-electron chi connectivity index (χ3n) is 3.87. The third-order valence-corrected chi connectivity index (χ3v) is 5.01. The Morgan fingerprint density at radius 2 is 2.04 bits per heavy atom. The molecule has 0 saturated heterocycles. The zero-order chi connectivity index (χ0) is 18.6. The standard InChI is InChI=1S/C19H30N6S/c1-4-20-19(24-14-10-18-25-15(2)16(3)26-18)23-13-8-7-12-22-17-9-5-6-11-21-17/h5-6,9,11H,4,7-8,10,12-14H2,1-3H3,(H,21,22)(H2,20,23,24). The van der Waals surface area contributed by atoms with Gasteiger partial charge in [-0.2, -0.15) is 0 Å². The molecule has 7 heteroatoms. The Hall–Kier alpha value is -2.15. The average Bonchev–Trinajstić information content (AvgIpc) is 2.96. The molecule has 0 aliphatic rings. The van der Waals surface area contributed by atoms with Gasteiger partial charge >= 0.3 is 0 Å². The molecule has 2 rings (SSSR count). The molecule has 0 bridgehead atoms. The maximum Gasteiger partial charge on any atom is 0.191 e. The van der Waals surface area contributed by atoms with Crippen molar-refractivity contribution in [2.75, 3.05) is 31.5 Å². The first-order valence-corrected chi connectivity index (χ1v) is 10.1. The van der Waals surface area contributed by atoms with E-state index in [1.165, 1.54) is 9.88 Å². The molecule has 142 valence electrons. The summed E-state index contributed by atoms with van der Waals surface area (Å²) in [4.78, 5) is 14.8. The summed E-state index contributed by atoms with van der Waals surface area (Å²) in [5, 5.41) is 11.2. The molecule has 0 unspecified atom stereocenters. The van der Waals surface area contributed by atoms with E-state index >= 15 is 0 Å². The van der Waals surface area contributed by atoms with Crippen molar-refractivity contribution < 1.29 is 0 Å². The third kappa shape index (κ3) is 7.39. The van der Waals surface area contributed by atoms with Crippen LogP contribution in [0.1, 0.15) is 35.3 Å². The lowest BCUT2D eigenvalue weighted by Gasteiger charge is -2.10. The van der Waals surface area contributed by atoms with Crippen LogP contribution >= 0.6 is 11.3 Å². The molecule has 6 nitrogen and oxygen atoms in total. The van der Waals surface area contributed by atoms with Crippen molar-refractivity contribution in [1.82, 2.24) is 20.6 Å². The fourth-order valence-electron chi connectivity index (χ4n) is 2.39. The number of nitrogens with one attached hydrogen (secondary N) is 3. The lowest BCUT2D eigenvalue weighted by Crippen LogP contribution is -2.38. The van der Waals surface area contributed by atoms with Gasteiger partial charge in [0.05, 0.1) is 10.7 Å². The van der Waals surface area contributed by atoms with Crippen LogP contribution < -0.4 is 16.0 Å². The summed E-state index contributed by atoms with van der Waals surface area (Å²) in [6, 6.07) is 5.89. The van der Waals surface area contributed by atoms with Gasteiger partial charge < -0.3 is 16.0 Å².